The van der Waals surface area contributed by atoms with Crippen LogP contribution >= 0.6 is 0 Å². The highest BCUT2D eigenvalue weighted by Crippen LogP contribution is 2.39. The second-order valence-corrected chi connectivity index (χ2v) is 8.65. The van der Waals surface area contributed by atoms with Gasteiger partial charge in [-0.25, -0.2) is 0 Å². The predicted molar refractivity (Wildman–Crippen MR) is 145 cm³/mol. The van der Waals surface area contributed by atoms with Crippen molar-refractivity contribution in [2.45, 2.75) is 18.9 Å². The Morgan fingerprint density at radius 2 is 1.42 bits per heavy atom. The van der Waals surface area contributed by atoms with Crippen LogP contribution in [0.2, 0.25) is 0 Å². The summed E-state index contributed by atoms with van der Waals surface area (Å²) in [6.07, 6.45) is 3.89. The van der Waals surface area contributed by atoms with E-state index in [4.69, 9.17) is 9.47 Å². The summed E-state index contributed by atoms with van der Waals surface area (Å²) in [5.74, 6) is 0.529. The molecule has 0 radical (unpaired) electrons. The molecule has 1 N–H and O–H groups in total. The summed E-state index contributed by atoms with van der Waals surface area (Å²) in [4.78, 5) is 22.3. The first-order valence-electron chi connectivity index (χ1n) is 12.2. The molecule has 0 aliphatic heterocycles. The van der Waals surface area contributed by atoms with Gasteiger partial charge >= 0.3 is 0 Å². The van der Waals surface area contributed by atoms with Crippen molar-refractivity contribution in [1.29, 1.82) is 0 Å². The average Bonchev–Trinajstić information content (AvgIpc) is 2.97. The third-order valence-corrected chi connectivity index (χ3v) is 6.33. The standard InChI is InChI=1S/C29H30N4O5/c1-37-27-19-25(26(33(35)36)20-28(27)38-2)29(34)21-9-11-24(12-10-21)32(17-13-22-7-3-5-15-30-22)18-14-23-8-4-6-16-31-23/h3-12,15-16,19-20,29,34H,13-14,17-18H2,1-2H3. The number of aliphatic hydroxyl groups is 1. The van der Waals surface area contributed by atoms with E-state index in [9.17, 15) is 15.2 Å². The Balaban J connectivity index is 1.58. The minimum absolute atomic E-state index is 0.127. The highest BCUT2D eigenvalue weighted by atomic mass is 16.6. The lowest BCUT2D eigenvalue weighted by Gasteiger charge is -2.25. The van der Waals surface area contributed by atoms with Crippen molar-refractivity contribution in [3.8, 4) is 11.5 Å². The molecule has 0 saturated heterocycles. The van der Waals surface area contributed by atoms with Gasteiger partial charge in [0.1, 0.15) is 6.10 Å². The van der Waals surface area contributed by atoms with Gasteiger partial charge in [0, 0.05) is 55.4 Å². The van der Waals surface area contributed by atoms with Gasteiger partial charge in [0.2, 0.25) is 0 Å². The van der Waals surface area contributed by atoms with E-state index in [1.807, 2.05) is 48.5 Å². The molecule has 9 heteroatoms. The van der Waals surface area contributed by atoms with Crippen LogP contribution in [0, 0.1) is 10.1 Å². The molecule has 0 aliphatic carbocycles. The number of ether oxygens (including phenoxy) is 2. The molecule has 0 saturated carbocycles. The molecule has 0 aliphatic rings. The van der Waals surface area contributed by atoms with Crippen molar-refractivity contribution in [3.63, 3.8) is 0 Å². The second-order valence-electron chi connectivity index (χ2n) is 8.65. The van der Waals surface area contributed by atoms with Gasteiger partial charge in [-0.1, -0.05) is 24.3 Å². The highest BCUT2D eigenvalue weighted by Gasteiger charge is 2.26. The van der Waals surface area contributed by atoms with Crippen LogP contribution < -0.4 is 14.4 Å². The Bertz CT molecular complexity index is 1290. The van der Waals surface area contributed by atoms with Gasteiger partial charge < -0.3 is 19.5 Å². The zero-order valence-corrected chi connectivity index (χ0v) is 21.4. The zero-order chi connectivity index (χ0) is 26.9. The number of anilines is 1. The molecule has 0 spiro atoms. The van der Waals surface area contributed by atoms with E-state index in [1.165, 1.54) is 26.4 Å². The van der Waals surface area contributed by atoms with Crippen molar-refractivity contribution in [3.05, 3.63) is 118 Å². The number of hydrogen-bond donors (Lipinski definition) is 1. The molecule has 0 fully saturated rings. The van der Waals surface area contributed by atoms with Gasteiger partial charge in [0.05, 0.1) is 30.8 Å². The number of aromatic nitrogens is 2. The molecule has 38 heavy (non-hydrogen) atoms. The van der Waals surface area contributed by atoms with E-state index in [1.54, 1.807) is 24.5 Å². The minimum Gasteiger partial charge on any atom is -0.493 e. The highest BCUT2D eigenvalue weighted by molar-refractivity contribution is 5.57. The van der Waals surface area contributed by atoms with Gasteiger partial charge in [-0.2, -0.15) is 0 Å². The number of rotatable bonds is 12. The van der Waals surface area contributed by atoms with Crippen LogP contribution in [0.4, 0.5) is 11.4 Å². The first kappa shape index (κ1) is 26.6. The Labute approximate surface area is 221 Å². The SMILES string of the molecule is COc1cc(C(O)c2ccc(N(CCc3ccccn3)CCc3ccccn3)cc2)c([N+](=O)[O-])cc1OC. The average molecular weight is 515 g/mol. The molecule has 1 atom stereocenters. The van der Waals surface area contributed by atoms with Crippen LogP contribution in [-0.4, -0.2) is 47.3 Å². The van der Waals surface area contributed by atoms with Crippen molar-refractivity contribution in [2.75, 3.05) is 32.2 Å². The lowest BCUT2D eigenvalue weighted by atomic mass is 9.98. The van der Waals surface area contributed by atoms with Crippen molar-refractivity contribution >= 4 is 11.4 Å². The van der Waals surface area contributed by atoms with Crippen LogP contribution in [-0.2, 0) is 12.8 Å². The summed E-state index contributed by atoms with van der Waals surface area (Å²) in [5.41, 5.74) is 3.38. The van der Waals surface area contributed by atoms with E-state index < -0.39 is 11.0 Å². The van der Waals surface area contributed by atoms with Gasteiger partial charge in [0.25, 0.3) is 5.69 Å². The smallest absolute Gasteiger partial charge is 0.279 e. The molecular formula is C29H30N4O5. The maximum atomic E-state index is 11.7. The quantitative estimate of drug-likeness (QED) is 0.213. The number of benzene rings is 2. The summed E-state index contributed by atoms with van der Waals surface area (Å²) in [5, 5.41) is 22.8. The second kappa shape index (κ2) is 12.6. The predicted octanol–water partition coefficient (Wildman–Crippen LogP) is 4.78. The number of aliphatic hydroxyl groups excluding tert-OH is 1. The van der Waals surface area contributed by atoms with E-state index in [-0.39, 0.29) is 17.0 Å². The van der Waals surface area contributed by atoms with Gasteiger partial charge in [0.15, 0.2) is 11.5 Å². The van der Waals surface area contributed by atoms with Gasteiger partial charge in [-0.15, -0.1) is 0 Å². The van der Waals surface area contributed by atoms with Gasteiger partial charge in [-0.05, 0) is 48.0 Å². The number of pyridine rings is 2. The molecule has 2 aromatic carbocycles. The number of nitro benzene ring substituents is 1. The van der Waals surface area contributed by atoms with Crippen molar-refractivity contribution in [1.82, 2.24) is 9.97 Å². The fourth-order valence-corrected chi connectivity index (χ4v) is 4.27. The van der Waals surface area contributed by atoms with E-state index >= 15 is 0 Å². The Hall–Kier alpha value is -4.50. The van der Waals surface area contributed by atoms with Crippen LogP contribution in [0.1, 0.15) is 28.6 Å². The van der Waals surface area contributed by atoms with Crippen LogP contribution in [0.25, 0.3) is 0 Å². The molecule has 4 rings (SSSR count). The fourth-order valence-electron chi connectivity index (χ4n) is 4.27. The summed E-state index contributed by atoms with van der Waals surface area (Å²) in [7, 11) is 2.85. The molecule has 196 valence electrons. The first-order valence-corrected chi connectivity index (χ1v) is 12.2. The molecule has 2 aromatic heterocycles. The Morgan fingerprint density at radius 1 is 0.868 bits per heavy atom. The Kier molecular flexibility index (Phi) is 8.84. The summed E-state index contributed by atoms with van der Waals surface area (Å²) >= 11 is 0. The first-order chi connectivity index (χ1) is 18.5. The van der Waals surface area contributed by atoms with Crippen LogP contribution in [0.3, 0.4) is 0 Å². The third-order valence-electron chi connectivity index (χ3n) is 6.33. The molecule has 1 unspecified atom stereocenters. The topological polar surface area (TPSA) is 111 Å². The van der Waals surface area contributed by atoms with Crippen LogP contribution in [0.5, 0.6) is 11.5 Å². The fraction of sp³-hybridized carbons (Fsp3) is 0.241. The molecule has 2 heterocycles. The summed E-state index contributed by atoms with van der Waals surface area (Å²) in [6, 6.07) is 21.9. The number of methoxy groups -OCH3 is 2. The maximum absolute atomic E-state index is 11.7. The van der Waals surface area contributed by atoms with Crippen LogP contribution in [0.15, 0.2) is 85.2 Å². The zero-order valence-electron chi connectivity index (χ0n) is 21.4. The molecule has 4 aromatic rings. The largest absolute Gasteiger partial charge is 0.493 e. The number of nitro groups is 1. The van der Waals surface area contributed by atoms with Crippen molar-refractivity contribution in [2.24, 2.45) is 0 Å². The maximum Gasteiger partial charge on any atom is 0.279 e. The lowest BCUT2D eigenvalue weighted by Crippen LogP contribution is -2.28. The van der Waals surface area contributed by atoms with E-state index in [0.29, 0.717) is 11.3 Å². The van der Waals surface area contributed by atoms with E-state index in [2.05, 4.69) is 14.9 Å². The minimum atomic E-state index is -1.22. The molecular weight excluding hydrogens is 484 g/mol. The van der Waals surface area contributed by atoms with Crippen molar-refractivity contribution < 1.29 is 19.5 Å². The summed E-state index contributed by atoms with van der Waals surface area (Å²) in [6.45, 7) is 1.49. The molecule has 0 bridgehead atoms. The third kappa shape index (κ3) is 6.43. The number of hydrogen-bond acceptors (Lipinski definition) is 8. The molecule has 0 amide bonds. The monoisotopic (exact) mass is 514 g/mol. The summed E-state index contributed by atoms with van der Waals surface area (Å²) < 4.78 is 10.5. The number of nitrogens with zero attached hydrogens (tertiary/aromatic N) is 4. The van der Waals surface area contributed by atoms with E-state index in [0.717, 1.165) is 43.0 Å². The van der Waals surface area contributed by atoms with Gasteiger partial charge in [-0.3, -0.25) is 20.1 Å². The normalized spacial score (nSPS) is 11.6. The Morgan fingerprint density at radius 3 is 1.89 bits per heavy atom. The molecule has 9 nitrogen and oxygen atoms in total. The lowest BCUT2D eigenvalue weighted by molar-refractivity contribution is -0.386.